The highest BCUT2D eigenvalue weighted by Crippen LogP contribution is 2.25. The molecule has 3 nitrogen and oxygen atoms in total. The van der Waals surface area contributed by atoms with Crippen molar-refractivity contribution in [2.75, 3.05) is 5.73 Å². The molecule has 2 N–H and O–H groups in total. The van der Waals surface area contributed by atoms with Crippen molar-refractivity contribution in [2.45, 2.75) is 43.8 Å². The number of sulfone groups is 1. The predicted molar refractivity (Wildman–Crippen MR) is 67.1 cm³/mol. The van der Waals surface area contributed by atoms with Crippen molar-refractivity contribution in [3.63, 3.8) is 0 Å². The summed E-state index contributed by atoms with van der Waals surface area (Å²) in [5.74, 6) is 0. The standard InChI is InChI=1S/C12H19NO2S/c1-4-6-9(2)16(14,15)12-8-5-7-11(13)10(12)3/h5,7-9H,4,6,13H2,1-3H3. The third-order valence-corrected chi connectivity index (χ3v) is 5.21. The van der Waals surface area contributed by atoms with Crippen LogP contribution >= 0.6 is 0 Å². The molecule has 0 saturated carbocycles. The molecule has 0 saturated heterocycles. The summed E-state index contributed by atoms with van der Waals surface area (Å²) in [6.45, 7) is 5.49. The Morgan fingerprint density at radius 1 is 1.38 bits per heavy atom. The van der Waals surface area contributed by atoms with E-state index in [2.05, 4.69) is 0 Å². The van der Waals surface area contributed by atoms with E-state index in [-0.39, 0.29) is 5.25 Å². The zero-order chi connectivity index (χ0) is 12.3. The van der Waals surface area contributed by atoms with Crippen molar-refractivity contribution in [3.8, 4) is 0 Å². The highest BCUT2D eigenvalue weighted by atomic mass is 32.2. The normalized spacial score (nSPS) is 13.7. The van der Waals surface area contributed by atoms with Crippen LogP contribution in [0, 0.1) is 6.92 Å². The number of nitrogens with two attached hydrogens (primary N) is 1. The molecular weight excluding hydrogens is 222 g/mol. The molecule has 1 unspecified atom stereocenters. The average molecular weight is 241 g/mol. The first kappa shape index (κ1) is 13.0. The molecule has 1 atom stereocenters. The van der Waals surface area contributed by atoms with Crippen molar-refractivity contribution in [1.29, 1.82) is 0 Å². The Labute approximate surface area is 97.6 Å². The van der Waals surface area contributed by atoms with Gasteiger partial charge in [0.15, 0.2) is 9.84 Å². The molecule has 1 rings (SSSR count). The van der Waals surface area contributed by atoms with Crippen LogP contribution in [0.1, 0.15) is 32.3 Å². The smallest absolute Gasteiger partial charge is 0.181 e. The summed E-state index contributed by atoms with van der Waals surface area (Å²) in [4.78, 5) is 0.369. The lowest BCUT2D eigenvalue weighted by Gasteiger charge is -2.14. The molecule has 0 bridgehead atoms. The van der Waals surface area contributed by atoms with Crippen LogP contribution in [0.15, 0.2) is 23.1 Å². The number of hydrogen-bond acceptors (Lipinski definition) is 3. The van der Waals surface area contributed by atoms with Crippen LogP contribution in [0.4, 0.5) is 5.69 Å². The molecule has 1 aromatic carbocycles. The molecule has 16 heavy (non-hydrogen) atoms. The van der Waals surface area contributed by atoms with Gasteiger partial charge in [-0.2, -0.15) is 0 Å². The van der Waals surface area contributed by atoms with Gasteiger partial charge >= 0.3 is 0 Å². The predicted octanol–water partition coefficient (Wildman–Crippen LogP) is 2.54. The molecule has 0 spiro atoms. The van der Waals surface area contributed by atoms with Crippen molar-refractivity contribution in [3.05, 3.63) is 23.8 Å². The Balaban J connectivity index is 3.22. The molecule has 90 valence electrons. The summed E-state index contributed by atoms with van der Waals surface area (Å²) in [6.07, 6.45) is 1.54. The van der Waals surface area contributed by atoms with E-state index in [1.807, 2.05) is 6.92 Å². The quantitative estimate of drug-likeness (QED) is 0.824. The van der Waals surface area contributed by atoms with Gasteiger partial charge in [-0.3, -0.25) is 0 Å². The summed E-state index contributed by atoms with van der Waals surface area (Å²) >= 11 is 0. The molecule has 0 radical (unpaired) electrons. The number of nitrogen functional groups attached to an aromatic ring is 1. The number of anilines is 1. The molecule has 0 aliphatic heterocycles. The van der Waals surface area contributed by atoms with Gasteiger partial charge in [0.05, 0.1) is 10.1 Å². The Morgan fingerprint density at radius 3 is 2.56 bits per heavy atom. The van der Waals surface area contributed by atoms with Crippen molar-refractivity contribution >= 4 is 15.5 Å². The lowest BCUT2D eigenvalue weighted by molar-refractivity contribution is 0.575. The third kappa shape index (κ3) is 2.38. The minimum atomic E-state index is -3.23. The highest BCUT2D eigenvalue weighted by molar-refractivity contribution is 7.92. The van der Waals surface area contributed by atoms with Gasteiger partial charge in [0.2, 0.25) is 0 Å². The fraction of sp³-hybridized carbons (Fsp3) is 0.500. The summed E-state index contributed by atoms with van der Waals surface area (Å²) in [5.41, 5.74) is 6.92. The first-order valence-electron chi connectivity index (χ1n) is 5.50. The van der Waals surface area contributed by atoms with E-state index in [9.17, 15) is 8.42 Å². The summed E-state index contributed by atoms with van der Waals surface area (Å²) < 4.78 is 24.5. The van der Waals surface area contributed by atoms with Gasteiger partial charge in [0.25, 0.3) is 0 Å². The van der Waals surface area contributed by atoms with Gasteiger partial charge in [-0.15, -0.1) is 0 Å². The van der Waals surface area contributed by atoms with Gasteiger partial charge in [0.1, 0.15) is 0 Å². The molecule has 0 aromatic heterocycles. The first-order chi connectivity index (χ1) is 7.41. The molecule has 0 aliphatic rings. The molecular formula is C12H19NO2S. The summed E-state index contributed by atoms with van der Waals surface area (Å²) in [5, 5.41) is -0.349. The number of rotatable bonds is 4. The zero-order valence-electron chi connectivity index (χ0n) is 10.0. The van der Waals surface area contributed by atoms with E-state index in [0.717, 1.165) is 6.42 Å². The second-order valence-electron chi connectivity index (χ2n) is 4.11. The Bertz CT molecular complexity index is 466. The Hall–Kier alpha value is -1.03. The van der Waals surface area contributed by atoms with Crippen molar-refractivity contribution in [2.24, 2.45) is 0 Å². The number of hydrogen-bond donors (Lipinski definition) is 1. The van der Waals surface area contributed by atoms with E-state index >= 15 is 0 Å². The van der Waals surface area contributed by atoms with Gasteiger partial charge in [-0.25, -0.2) is 8.42 Å². The minimum Gasteiger partial charge on any atom is -0.398 e. The van der Waals surface area contributed by atoms with Gasteiger partial charge in [-0.05, 0) is 38.0 Å². The maximum Gasteiger partial charge on any atom is 0.181 e. The summed E-state index contributed by atoms with van der Waals surface area (Å²) in [7, 11) is -3.23. The van der Waals surface area contributed by atoms with Crippen LogP contribution in [0.25, 0.3) is 0 Å². The molecule has 0 fully saturated rings. The fourth-order valence-electron chi connectivity index (χ4n) is 1.72. The second kappa shape index (κ2) is 4.87. The summed E-state index contributed by atoms with van der Waals surface area (Å²) in [6, 6.07) is 5.04. The zero-order valence-corrected chi connectivity index (χ0v) is 10.8. The average Bonchev–Trinajstić information content (AvgIpc) is 2.22. The van der Waals surface area contributed by atoms with Crippen LogP contribution in [-0.4, -0.2) is 13.7 Å². The van der Waals surface area contributed by atoms with Crippen LogP contribution in [0.3, 0.4) is 0 Å². The molecule has 0 heterocycles. The van der Waals surface area contributed by atoms with Crippen molar-refractivity contribution in [1.82, 2.24) is 0 Å². The van der Waals surface area contributed by atoms with E-state index < -0.39 is 9.84 Å². The van der Waals surface area contributed by atoms with Crippen molar-refractivity contribution < 1.29 is 8.42 Å². The topological polar surface area (TPSA) is 60.2 Å². The maximum atomic E-state index is 12.2. The van der Waals surface area contributed by atoms with Crippen LogP contribution in [-0.2, 0) is 9.84 Å². The highest BCUT2D eigenvalue weighted by Gasteiger charge is 2.24. The Kier molecular flexibility index (Phi) is 3.97. The van der Waals surface area contributed by atoms with Crippen LogP contribution in [0.2, 0.25) is 0 Å². The van der Waals surface area contributed by atoms with Gasteiger partial charge < -0.3 is 5.73 Å². The molecule has 4 heteroatoms. The molecule has 1 aromatic rings. The SMILES string of the molecule is CCCC(C)S(=O)(=O)c1cccc(N)c1C. The third-order valence-electron chi connectivity index (χ3n) is 2.86. The fourth-order valence-corrected chi connectivity index (χ4v) is 3.51. The lowest BCUT2D eigenvalue weighted by Crippen LogP contribution is -2.19. The second-order valence-corrected chi connectivity index (χ2v) is 6.45. The van der Waals surface area contributed by atoms with Crippen LogP contribution in [0.5, 0.6) is 0 Å². The minimum absolute atomic E-state index is 0.349. The van der Waals surface area contributed by atoms with E-state index in [1.165, 1.54) is 0 Å². The van der Waals surface area contributed by atoms with Crippen LogP contribution < -0.4 is 5.73 Å². The van der Waals surface area contributed by atoms with E-state index in [1.54, 1.807) is 32.0 Å². The van der Waals surface area contributed by atoms with Gasteiger partial charge in [-0.1, -0.05) is 19.4 Å². The molecule has 0 aliphatic carbocycles. The lowest BCUT2D eigenvalue weighted by atomic mass is 10.2. The van der Waals surface area contributed by atoms with E-state index in [0.29, 0.717) is 22.6 Å². The molecule has 0 amide bonds. The Morgan fingerprint density at radius 2 is 2.00 bits per heavy atom. The largest absolute Gasteiger partial charge is 0.398 e. The monoisotopic (exact) mass is 241 g/mol. The van der Waals surface area contributed by atoms with Gasteiger partial charge in [0, 0.05) is 5.69 Å². The maximum absolute atomic E-state index is 12.2. The number of benzene rings is 1. The first-order valence-corrected chi connectivity index (χ1v) is 7.04. The van der Waals surface area contributed by atoms with E-state index in [4.69, 9.17) is 5.73 Å².